The van der Waals surface area contributed by atoms with Gasteiger partial charge >= 0.3 is 0 Å². The Labute approximate surface area is 124 Å². The molecular weight excluding hydrogens is 268 g/mol. The second kappa shape index (κ2) is 5.23. The summed E-state index contributed by atoms with van der Waals surface area (Å²) in [5.74, 6) is 1.93. The summed E-state index contributed by atoms with van der Waals surface area (Å²) in [6.07, 6.45) is 4.64. The fraction of sp³-hybridized carbons (Fsp3) is 0.643. The van der Waals surface area contributed by atoms with Crippen LogP contribution in [0.1, 0.15) is 37.1 Å². The van der Waals surface area contributed by atoms with Crippen molar-refractivity contribution in [3.63, 3.8) is 0 Å². The lowest BCUT2D eigenvalue weighted by molar-refractivity contribution is 0.0207. The van der Waals surface area contributed by atoms with Crippen LogP contribution in [0, 0.1) is 0 Å². The highest BCUT2D eigenvalue weighted by molar-refractivity contribution is 5.22. The molecule has 3 rings (SSSR count). The molecule has 1 unspecified atom stereocenters. The van der Waals surface area contributed by atoms with Gasteiger partial charge in [0.2, 0.25) is 0 Å². The molecule has 7 nitrogen and oxygen atoms in total. The number of aromatic nitrogens is 5. The number of rotatable bonds is 4. The minimum Gasteiger partial charge on any atom is -0.378 e. The lowest BCUT2D eigenvalue weighted by Gasteiger charge is -2.26. The molecule has 3 heterocycles. The van der Waals surface area contributed by atoms with Gasteiger partial charge < -0.3 is 14.6 Å². The van der Waals surface area contributed by atoms with Crippen LogP contribution in [0.5, 0.6) is 0 Å². The van der Waals surface area contributed by atoms with Gasteiger partial charge in [0.25, 0.3) is 0 Å². The summed E-state index contributed by atoms with van der Waals surface area (Å²) in [7, 11) is 3.65. The maximum Gasteiger partial charge on any atom is 0.154 e. The van der Waals surface area contributed by atoms with Gasteiger partial charge in [-0.2, -0.15) is 5.10 Å². The van der Waals surface area contributed by atoms with Crippen LogP contribution in [0.25, 0.3) is 0 Å². The molecule has 0 aliphatic carbocycles. The van der Waals surface area contributed by atoms with E-state index in [4.69, 9.17) is 4.74 Å². The number of nitrogens with zero attached hydrogens (tertiary/aromatic N) is 5. The molecule has 0 bridgehead atoms. The Morgan fingerprint density at radius 3 is 2.90 bits per heavy atom. The summed E-state index contributed by atoms with van der Waals surface area (Å²) in [6.45, 7) is 5.90. The monoisotopic (exact) mass is 290 g/mol. The van der Waals surface area contributed by atoms with Crippen molar-refractivity contribution in [2.24, 2.45) is 7.05 Å². The Morgan fingerprint density at radius 2 is 2.24 bits per heavy atom. The average molecular weight is 290 g/mol. The first-order valence-electron chi connectivity index (χ1n) is 7.19. The van der Waals surface area contributed by atoms with Gasteiger partial charge in [0.15, 0.2) is 5.82 Å². The van der Waals surface area contributed by atoms with Crippen molar-refractivity contribution in [1.82, 2.24) is 29.9 Å². The molecule has 0 saturated heterocycles. The molecule has 7 heteroatoms. The van der Waals surface area contributed by atoms with Crippen molar-refractivity contribution >= 4 is 0 Å². The van der Waals surface area contributed by atoms with Crippen LogP contribution >= 0.6 is 0 Å². The molecule has 0 aromatic carbocycles. The first-order chi connectivity index (χ1) is 10.00. The molecule has 2 aromatic rings. The van der Waals surface area contributed by atoms with Crippen LogP contribution in [0.2, 0.25) is 0 Å². The smallest absolute Gasteiger partial charge is 0.154 e. The van der Waals surface area contributed by atoms with E-state index in [1.54, 1.807) is 11.8 Å². The summed E-state index contributed by atoms with van der Waals surface area (Å²) >= 11 is 0. The molecule has 1 N–H and O–H groups in total. The van der Waals surface area contributed by atoms with Gasteiger partial charge in [0.05, 0.1) is 17.8 Å². The maximum absolute atomic E-state index is 5.51. The third-order valence-corrected chi connectivity index (χ3v) is 3.99. The summed E-state index contributed by atoms with van der Waals surface area (Å²) in [5, 5.41) is 16.5. The van der Waals surface area contributed by atoms with E-state index < -0.39 is 0 Å². The third kappa shape index (κ3) is 2.71. The topological polar surface area (TPSA) is 69.8 Å². The van der Waals surface area contributed by atoms with Crippen molar-refractivity contribution in [3.8, 4) is 0 Å². The lowest BCUT2D eigenvalue weighted by atomic mass is 10.0. The highest BCUT2D eigenvalue weighted by atomic mass is 16.5. The van der Waals surface area contributed by atoms with Crippen LogP contribution in [0.3, 0.4) is 0 Å². The van der Waals surface area contributed by atoms with E-state index in [1.165, 1.54) is 0 Å². The maximum atomic E-state index is 5.51. The first-order valence-corrected chi connectivity index (χ1v) is 7.19. The van der Waals surface area contributed by atoms with E-state index >= 15 is 0 Å². The van der Waals surface area contributed by atoms with Crippen LogP contribution in [0.4, 0.5) is 0 Å². The SMILES string of the molecule is COC(C)(C)Cc1nnc2n1CCNC2c1cnn(C)c1. The van der Waals surface area contributed by atoms with E-state index in [0.29, 0.717) is 0 Å². The van der Waals surface area contributed by atoms with E-state index in [9.17, 15) is 0 Å². The quantitative estimate of drug-likeness (QED) is 0.896. The lowest BCUT2D eigenvalue weighted by Crippen LogP contribution is -2.36. The van der Waals surface area contributed by atoms with Crippen LogP contribution in [0.15, 0.2) is 12.4 Å². The number of nitrogens with one attached hydrogen (secondary N) is 1. The van der Waals surface area contributed by atoms with Gasteiger partial charge in [-0.15, -0.1) is 10.2 Å². The number of methoxy groups -OCH3 is 1. The molecule has 1 aliphatic heterocycles. The van der Waals surface area contributed by atoms with Crippen molar-refractivity contribution in [3.05, 3.63) is 29.6 Å². The van der Waals surface area contributed by atoms with E-state index in [0.717, 1.165) is 36.7 Å². The summed E-state index contributed by atoms with van der Waals surface area (Å²) in [6, 6.07) is 0.0550. The third-order valence-electron chi connectivity index (χ3n) is 3.99. The van der Waals surface area contributed by atoms with Crippen LogP contribution < -0.4 is 5.32 Å². The number of aryl methyl sites for hydroxylation is 1. The number of ether oxygens (including phenoxy) is 1. The zero-order valence-corrected chi connectivity index (χ0v) is 13.0. The molecule has 0 radical (unpaired) electrons. The van der Waals surface area contributed by atoms with Crippen LogP contribution in [-0.4, -0.2) is 43.8 Å². The highest BCUT2D eigenvalue weighted by Gasteiger charge is 2.29. The highest BCUT2D eigenvalue weighted by Crippen LogP contribution is 2.25. The number of hydrogen-bond donors (Lipinski definition) is 1. The van der Waals surface area contributed by atoms with Crippen LogP contribution in [-0.2, 0) is 24.8 Å². The molecule has 2 aromatic heterocycles. The zero-order chi connectivity index (χ0) is 15.0. The fourth-order valence-corrected chi connectivity index (χ4v) is 2.66. The molecule has 1 atom stereocenters. The Kier molecular flexibility index (Phi) is 3.54. The van der Waals surface area contributed by atoms with Crippen molar-refractivity contribution in [2.45, 2.75) is 38.5 Å². The summed E-state index contributed by atoms with van der Waals surface area (Å²) in [5.41, 5.74) is 0.877. The normalized spacial score (nSPS) is 18.8. The van der Waals surface area contributed by atoms with E-state index in [1.807, 2.05) is 19.4 Å². The molecule has 114 valence electrons. The average Bonchev–Trinajstić information content (AvgIpc) is 3.05. The predicted molar refractivity (Wildman–Crippen MR) is 77.9 cm³/mol. The van der Waals surface area contributed by atoms with Crippen molar-refractivity contribution in [2.75, 3.05) is 13.7 Å². The van der Waals surface area contributed by atoms with Gasteiger partial charge in [0.1, 0.15) is 5.82 Å². The van der Waals surface area contributed by atoms with Gasteiger partial charge in [0, 0.05) is 45.4 Å². The Balaban J connectivity index is 1.92. The number of hydrogen-bond acceptors (Lipinski definition) is 5. The second-order valence-electron chi connectivity index (χ2n) is 6.10. The van der Waals surface area contributed by atoms with E-state index in [2.05, 4.69) is 39.0 Å². The minimum absolute atomic E-state index is 0.0550. The number of fused-ring (bicyclic) bond motifs is 1. The van der Waals surface area contributed by atoms with Crippen molar-refractivity contribution < 1.29 is 4.74 Å². The Hall–Kier alpha value is -1.73. The summed E-state index contributed by atoms with van der Waals surface area (Å²) < 4.78 is 9.52. The molecule has 0 spiro atoms. The van der Waals surface area contributed by atoms with Crippen molar-refractivity contribution in [1.29, 1.82) is 0 Å². The summed E-state index contributed by atoms with van der Waals surface area (Å²) in [4.78, 5) is 0. The van der Waals surface area contributed by atoms with Gasteiger partial charge in [-0.25, -0.2) is 0 Å². The molecule has 1 aliphatic rings. The molecule has 0 amide bonds. The second-order valence-corrected chi connectivity index (χ2v) is 6.10. The Bertz CT molecular complexity index is 629. The minimum atomic E-state index is -0.238. The predicted octanol–water partition coefficient (Wildman–Crippen LogP) is 0.672. The first kappa shape index (κ1) is 14.2. The van der Waals surface area contributed by atoms with Gasteiger partial charge in [-0.1, -0.05) is 0 Å². The van der Waals surface area contributed by atoms with E-state index in [-0.39, 0.29) is 11.6 Å². The van der Waals surface area contributed by atoms with Gasteiger partial charge in [-0.05, 0) is 13.8 Å². The molecule has 21 heavy (non-hydrogen) atoms. The standard InChI is InChI=1S/C14H22N6O/c1-14(2,21-4)7-11-17-18-13-12(15-5-6-20(11)13)10-8-16-19(3)9-10/h8-9,12,15H,5-7H2,1-4H3. The largest absolute Gasteiger partial charge is 0.378 e. The van der Waals surface area contributed by atoms with Gasteiger partial charge in [-0.3, -0.25) is 4.68 Å². The molecular formula is C14H22N6O. The molecule has 0 saturated carbocycles. The fourth-order valence-electron chi connectivity index (χ4n) is 2.66. The zero-order valence-electron chi connectivity index (χ0n) is 13.0. The Morgan fingerprint density at radius 1 is 1.43 bits per heavy atom. The molecule has 0 fully saturated rings.